The highest BCUT2D eigenvalue weighted by atomic mass is 32.2. The Hall–Kier alpha value is -2.28. The second-order valence-electron chi connectivity index (χ2n) is 6.73. The number of carbonyl (C=O) groups excluding carboxylic acids is 1. The molecule has 3 heterocycles. The van der Waals surface area contributed by atoms with Gasteiger partial charge in [-0.2, -0.15) is 5.10 Å². The Balaban J connectivity index is 1.41. The molecule has 0 bridgehead atoms. The first-order valence-corrected chi connectivity index (χ1v) is 9.77. The van der Waals surface area contributed by atoms with Gasteiger partial charge in [-0.05, 0) is 38.5 Å². The van der Waals surface area contributed by atoms with E-state index in [1.165, 1.54) is 11.8 Å². The molecule has 0 saturated carbocycles. The second kappa shape index (κ2) is 6.79. The first kappa shape index (κ1) is 17.1. The van der Waals surface area contributed by atoms with Crippen LogP contribution in [-0.2, 0) is 4.79 Å². The highest BCUT2D eigenvalue weighted by molar-refractivity contribution is 8.00. The van der Waals surface area contributed by atoms with Crippen molar-refractivity contribution in [2.24, 2.45) is 0 Å². The smallest absolute Gasteiger partial charge is 0.257 e. The summed E-state index contributed by atoms with van der Waals surface area (Å²) in [5.41, 5.74) is 3.74. The number of hydrogen-bond donors (Lipinski definition) is 0. The molecule has 0 aliphatic carbocycles. The fourth-order valence-corrected chi connectivity index (χ4v) is 4.29. The van der Waals surface area contributed by atoms with Gasteiger partial charge in [0.05, 0.1) is 17.0 Å². The van der Waals surface area contributed by atoms with Crippen LogP contribution in [0.5, 0.6) is 0 Å². The molecule has 1 aromatic carbocycles. The molecule has 2 aromatic heterocycles. The van der Waals surface area contributed by atoms with E-state index in [0.29, 0.717) is 18.3 Å². The number of carbonyl (C=O) groups is 1. The van der Waals surface area contributed by atoms with Crippen LogP contribution >= 0.6 is 11.8 Å². The van der Waals surface area contributed by atoms with E-state index in [9.17, 15) is 4.79 Å². The zero-order valence-electron chi connectivity index (χ0n) is 15.2. The minimum atomic E-state index is -0.176. The normalized spacial score (nSPS) is 16.0. The molecule has 1 amide bonds. The van der Waals surface area contributed by atoms with E-state index in [1.54, 1.807) is 0 Å². The highest BCUT2D eigenvalue weighted by Gasteiger charge is 2.36. The van der Waals surface area contributed by atoms with Crippen LogP contribution in [0.15, 0.2) is 40.0 Å². The molecular formula is C19H22N4O2S. The topological polar surface area (TPSA) is 64.2 Å². The number of thioether (sulfide) groups is 1. The Morgan fingerprint density at radius 2 is 2.12 bits per heavy atom. The highest BCUT2D eigenvalue weighted by Crippen LogP contribution is 2.32. The summed E-state index contributed by atoms with van der Waals surface area (Å²) in [5, 5.41) is 4.91. The van der Waals surface area contributed by atoms with Gasteiger partial charge in [-0.1, -0.05) is 30.8 Å². The number of aryl methyl sites for hydroxylation is 2. The molecule has 1 unspecified atom stereocenters. The zero-order chi connectivity index (χ0) is 18.3. The molecule has 4 rings (SSSR count). The van der Waals surface area contributed by atoms with Crippen LogP contribution < -0.4 is 0 Å². The monoisotopic (exact) mass is 370 g/mol. The summed E-state index contributed by atoms with van der Waals surface area (Å²) >= 11 is 1.41. The maximum Gasteiger partial charge on any atom is 0.257 e. The minimum Gasteiger partial charge on any atom is -0.431 e. The van der Waals surface area contributed by atoms with Gasteiger partial charge in [0.1, 0.15) is 5.52 Å². The van der Waals surface area contributed by atoms with Crippen molar-refractivity contribution in [3.8, 4) is 0 Å². The molecule has 0 spiro atoms. The van der Waals surface area contributed by atoms with E-state index in [1.807, 2.05) is 47.7 Å². The van der Waals surface area contributed by atoms with Crippen molar-refractivity contribution in [1.29, 1.82) is 0 Å². The summed E-state index contributed by atoms with van der Waals surface area (Å²) in [6, 6.07) is 10.0. The molecule has 1 saturated heterocycles. The molecule has 1 aliphatic rings. The lowest BCUT2D eigenvalue weighted by molar-refractivity contribution is -0.136. The largest absolute Gasteiger partial charge is 0.431 e. The Morgan fingerprint density at radius 3 is 2.77 bits per heavy atom. The van der Waals surface area contributed by atoms with E-state index in [4.69, 9.17) is 4.42 Å². The Bertz CT molecular complexity index is 909. The van der Waals surface area contributed by atoms with E-state index >= 15 is 0 Å². The lowest BCUT2D eigenvalue weighted by Gasteiger charge is -2.41. The van der Waals surface area contributed by atoms with Gasteiger partial charge >= 0.3 is 0 Å². The molecule has 0 radical (unpaired) electrons. The lowest BCUT2D eigenvalue weighted by atomic mass is 10.1. The predicted octanol–water partition coefficient (Wildman–Crippen LogP) is 3.60. The SMILES string of the molecule is CCC(Sc1nc2ccccc2o1)C(=O)N1CC(n2nc(C)cc2C)C1. The van der Waals surface area contributed by atoms with Crippen molar-refractivity contribution < 1.29 is 9.21 Å². The third-order valence-corrected chi connectivity index (χ3v) is 5.92. The van der Waals surface area contributed by atoms with Crippen LogP contribution in [-0.4, -0.2) is 43.9 Å². The van der Waals surface area contributed by atoms with Gasteiger partial charge in [0.2, 0.25) is 5.91 Å². The first-order valence-electron chi connectivity index (χ1n) is 8.89. The molecule has 1 atom stereocenters. The minimum absolute atomic E-state index is 0.150. The van der Waals surface area contributed by atoms with Crippen LogP contribution in [0.4, 0.5) is 0 Å². The summed E-state index contributed by atoms with van der Waals surface area (Å²) in [7, 11) is 0. The number of para-hydroxylation sites is 2. The number of hydrogen-bond acceptors (Lipinski definition) is 5. The lowest BCUT2D eigenvalue weighted by Crippen LogP contribution is -2.53. The van der Waals surface area contributed by atoms with Crippen LogP contribution in [0.1, 0.15) is 30.8 Å². The Kier molecular flexibility index (Phi) is 4.48. The van der Waals surface area contributed by atoms with Gasteiger partial charge in [0.15, 0.2) is 5.58 Å². The molecule has 7 heteroatoms. The third-order valence-electron chi connectivity index (χ3n) is 4.73. The molecule has 3 aromatic rings. The summed E-state index contributed by atoms with van der Waals surface area (Å²) in [6.45, 7) is 7.50. The van der Waals surface area contributed by atoms with E-state index in [0.717, 1.165) is 28.9 Å². The number of fused-ring (bicyclic) bond motifs is 1. The van der Waals surface area contributed by atoms with Gasteiger partial charge in [-0.15, -0.1) is 0 Å². The van der Waals surface area contributed by atoms with Crippen molar-refractivity contribution in [3.63, 3.8) is 0 Å². The average Bonchev–Trinajstić information content (AvgIpc) is 3.13. The van der Waals surface area contributed by atoms with Crippen molar-refractivity contribution in [1.82, 2.24) is 19.7 Å². The maximum atomic E-state index is 12.8. The Labute approximate surface area is 156 Å². The van der Waals surface area contributed by atoms with E-state index in [-0.39, 0.29) is 17.2 Å². The van der Waals surface area contributed by atoms with Gasteiger partial charge in [-0.3, -0.25) is 9.48 Å². The third kappa shape index (κ3) is 3.11. The number of rotatable bonds is 5. The van der Waals surface area contributed by atoms with Crippen molar-refractivity contribution in [2.75, 3.05) is 13.1 Å². The summed E-state index contributed by atoms with van der Waals surface area (Å²) in [4.78, 5) is 19.2. The zero-order valence-corrected chi connectivity index (χ0v) is 16.0. The number of nitrogens with zero attached hydrogens (tertiary/aromatic N) is 4. The number of benzene rings is 1. The summed E-state index contributed by atoms with van der Waals surface area (Å²) in [5.74, 6) is 0.150. The van der Waals surface area contributed by atoms with Crippen LogP contribution in [0.2, 0.25) is 0 Å². The van der Waals surface area contributed by atoms with Crippen LogP contribution in [0.25, 0.3) is 11.1 Å². The van der Waals surface area contributed by atoms with Gasteiger partial charge < -0.3 is 9.32 Å². The molecule has 1 fully saturated rings. The number of aromatic nitrogens is 3. The van der Waals surface area contributed by atoms with Gasteiger partial charge in [-0.25, -0.2) is 4.98 Å². The molecule has 0 N–H and O–H groups in total. The standard InChI is InChI=1S/C19H22N4O2S/c1-4-17(26-19-20-15-7-5-6-8-16(15)25-19)18(24)22-10-14(11-22)23-13(3)9-12(2)21-23/h5-9,14,17H,4,10-11H2,1-3H3. The average molecular weight is 370 g/mol. The fourth-order valence-electron chi connectivity index (χ4n) is 3.34. The molecule has 1 aliphatic heterocycles. The second-order valence-corrected chi connectivity index (χ2v) is 7.88. The maximum absolute atomic E-state index is 12.8. The van der Waals surface area contributed by atoms with Crippen molar-refractivity contribution in [2.45, 2.75) is 43.7 Å². The Morgan fingerprint density at radius 1 is 1.35 bits per heavy atom. The van der Waals surface area contributed by atoms with Crippen LogP contribution in [0.3, 0.4) is 0 Å². The molecule has 136 valence electrons. The first-order chi connectivity index (χ1) is 12.5. The van der Waals surface area contributed by atoms with E-state index < -0.39 is 0 Å². The molecule has 6 nitrogen and oxygen atoms in total. The van der Waals surface area contributed by atoms with Gasteiger partial charge in [0, 0.05) is 18.8 Å². The van der Waals surface area contributed by atoms with Crippen molar-refractivity contribution in [3.05, 3.63) is 41.7 Å². The van der Waals surface area contributed by atoms with Crippen molar-refractivity contribution >= 4 is 28.8 Å². The molecular weight excluding hydrogens is 348 g/mol. The summed E-state index contributed by atoms with van der Waals surface area (Å²) in [6.07, 6.45) is 0.739. The number of oxazole rings is 1. The van der Waals surface area contributed by atoms with Gasteiger partial charge in [0.25, 0.3) is 5.22 Å². The quantitative estimate of drug-likeness (QED) is 0.642. The predicted molar refractivity (Wildman–Crippen MR) is 101 cm³/mol. The van der Waals surface area contributed by atoms with Crippen LogP contribution in [0, 0.1) is 13.8 Å². The fraction of sp³-hybridized carbons (Fsp3) is 0.421. The van der Waals surface area contributed by atoms with E-state index in [2.05, 4.69) is 23.1 Å². The number of likely N-dealkylation sites (tertiary alicyclic amines) is 1. The summed E-state index contributed by atoms with van der Waals surface area (Å²) < 4.78 is 7.79. The number of amides is 1. The molecule has 26 heavy (non-hydrogen) atoms.